The molecule has 23 heavy (non-hydrogen) atoms. The highest BCUT2D eigenvalue weighted by atomic mass is 32.1. The van der Waals surface area contributed by atoms with Gasteiger partial charge in [-0.15, -0.1) is 11.3 Å². The smallest absolute Gasteiger partial charge is 0.264 e. The molecule has 0 saturated carbocycles. The van der Waals surface area contributed by atoms with Gasteiger partial charge in [-0.1, -0.05) is 19.1 Å². The lowest BCUT2D eigenvalue weighted by Crippen LogP contribution is -2.43. The Kier molecular flexibility index (Phi) is 3.85. The third-order valence-electron chi connectivity index (χ3n) is 4.89. The van der Waals surface area contributed by atoms with Crippen molar-refractivity contribution in [3.05, 3.63) is 40.8 Å². The third-order valence-corrected chi connectivity index (χ3v) is 6.09. The van der Waals surface area contributed by atoms with Crippen LogP contribution >= 0.6 is 11.3 Å². The summed E-state index contributed by atoms with van der Waals surface area (Å²) in [7, 11) is 0. The number of nitrogens with zero attached hydrogens (tertiary/aromatic N) is 1. The molecule has 3 nitrogen and oxygen atoms in total. The van der Waals surface area contributed by atoms with Crippen molar-refractivity contribution in [3.8, 4) is 16.2 Å². The molecule has 4 rings (SSSR count). The van der Waals surface area contributed by atoms with Crippen LogP contribution in [0.5, 0.6) is 5.75 Å². The monoisotopic (exact) mass is 327 g/mol. The van der Waals surface area contributed by atoms with E-state index in [1.165, 1.54) is 11.3 Å². The van der Waals surface area contributed by atoms with Gasteiger partial charge in [0.1, 0.15) is 12.4 Å². The zero-order valence-corrected chi connectivity index (χ0v) is 14.2. The molecule has 120 valence electrons. The maximum Gasteiger partial charge on any atom is 0.264 e. The van der Waals surface area contributed by atoms with E-state index in [0.29, 0.717) is 12.6 Å². The van der Waals surface area contributed by atoms with Crippen molar-refractivity contribution < 1.29 is 9.53 Å². The Hall–Kier alpha value is -1.81. The van der Waals surface area contributed by atoms with Crippen molar-refractivity contribution in [2.24, 2.45) is 0 Å². The first-order valence-electron chi connectivity index (χ1n) is 8.44. The van der Waals surface area contributed by atoms with E-state index in [0.717, 1.165) is 47.6 Å². The van der Waals surface area contributed by atoms with Crippen LogP contribution < -0.4 is 4.74 Å². The average Bonchev–Trinajstić information content (AvgIpc) is 3.05. The molecule has 0 spiro atoms. The van der Waals surface area contributed by atoms with Crippen molar-refractivity contribution in [1.29, 1.82) is 0 Å². The number of hydrogen-bond acceptors (Lipinski definition) is 3. The van der Waals surface area contributed by atoms with E-state index >= 15 is 0 Å². The Labute approximate surface area is 140 Å². The summed E-state index contributed by atoms with van der Waals surface area (Å²) in [5.41, 5.74) is 2.26. The van der Waals surface area contributed by atoms with Crippen LogP contribution in [0.25, 0.3) is 10.4 Å². The molecular formula is C19H21NO2S. The predicted octanol–water partition coefficient (Wildman–Crippen LogP) is 4.71. The first kappa shape index (κ1) is 14.8. The summed E-state index contributed by atoms with van der Waals surface area (Å²) < 4.78 is 5.81. The Balaban J connectivity index is 1.67. The van der Waals surface area contributed by atoms with Gasteiger partial charge >= 0.3 is 0 Å². The Morgan fingerprint density at radius 3 is 3.09 bits per heavy atom. The third kappa shape index (κ3) is 2.55. The van der Waals surface area contributed by atoms with E-state index in [4.69, 9.17) is 4.74 Å². The molecule has 2 aromatic rings. The first-order chi connectivity index (χ1) is 11.3. The van der Waals surface area contributed by atoms with E-state index in [1.807, 2.05) is 24.3 Å². The number of fused-ring (bicyclic) bond motifs is 3. The van der Waals surface area contributed by atoms with Crippen LogP contribution in [0.4, 0.5) is 0 Å². The second kappa shape index (κ2) is 6.00. The maximum atomic E-state index is 13.0. The summed E-state index contributed by atoms with van der Waals surface area (Å²) in [5, 5.41) is 0. The number of ether oxygens (including phenoxy) is 1. The molecule has 0 N–H and O–H groups in total. The Morgan fingerprint density at radius 1 is 1.35 bits per heavy atom. The van der Waals surface area contributed by atoms with Gasteiger partial charge in [-0.25, -0.2) is 0 Å². The molecule has 1 saturated heterocycles. The quantitative estimate of drug-likeness (QED) is 0.799. The van der Waals surface area contributed by atoms with Gasteiger partial charge in [0, 0.05) is 28.6 Å². The summed E-state index contributed by atoms with van der Waals surface area (Å²) in [4.78, 5) is 17.1. The zero-order chi connectivity index (χ0) is 15.8. The molecule has 0 radical (unpaired) electrons. The van der Waals surface area contributed by atoms with Crippen LogP contribution in [-0.4, -0.2) is 23.4 Å². The van der Waals surface area contributed by atoms with Gasteiger partial charge in [0.05, 0.1) is 4.88 Å². The molecule has 4 heteroatoms. The van der Waals surface area contributed by atoms with Gasteiger partial charge in [0.15, 0.2) is 0 Å². The number of amides is 1. The fourth-order valence-corrected chi connectivity index (χ4v) is 4.79. The standard InChI is InChI=1S/C19H21NO2S/c1-2-14-7-5-6-10-20(14)19(21)17-11-13-12-22-16-9-4-3-8-15(16)18(13)23-17/h3-4,8-9,11,14H,2,5-7,10,12H2,1H3. The molecule has 1 unspecified atom stereocenters. The molecular weight excluding hydrogens is 306 g/mol. The summed E-state index contributed by atoms with van der Waals surface area (Å²) in [6, 6.07) is 10.5. The van der Waals surface area contributed by atoms with Gasteiger partial charge in [0.25, 0.3) is 5.91 Å². The molecule has 0 aliphatic carbocycles. The van der Waals surface area contributed by atoms with E-state index in [2.05, 4.69) is 17.9 Å². The van der Waals surface area contributed by atoms with Crippen molar-refractivity contribution in [3.63, 3.8) is 0 Å². The fourth-order valence-electron chi connectivity index (χ4n) is 3.64. The highest BCUT2D eigenvalue weighted by Crippen LogP contribution is 2.42. The lowest BCUT2D eigenvalue weighted by atomic mass is 9.99. The van der Waals surface area contributed by atoms with Gasteiger partial charge in [-0.3, -0.25) is 4.79 Å². The molecule has 2 aliphatic heterocycles. The summed E-state index contributed by atoms with van der Waals surface area (Å²) in [6.07, 6.45) is 4.55. The van der Waals surface area contributed by atoms with E-state index in [-0.39, 0.29) is 5.91 Å². The van der Waals surface area contributed by atoms with Gasteiger partial charge < -0.3 is 9.64 Å². The molecule has 1 aromatic carbocycles. The number of hydrogen-bond donors (Lipinski definition) is 0. The number of likely N-dealkylation sites (tertiary alicyclic amines) is 1. The van der Waals surface area contributed by atoms with Crippen LogP contribution in [0, 0.1) is 0 Å². The minimum absolute atomic E-state index is 0.202. The number of rotatable bonds is 2. The molecule has 1 amide bonds. The second-order valence-corrected chi connectivity index (χ2v) is 7.36. The van der Waals surface area contributed by atoms with Gasteiger partial charge in [0.2, 0.25) is 0 Å². The Bertz CT molecular complexity index is 737. The van der Waals surface area contributed by atoms with Crippen LogP contribution in [0.3, 0.4) is 0 Å². The topological polar surface area (TPSA) is 29.5 Å². The lowest BCUT2D eigenvalue weighted by molar-refractivity contribution is 0.0613. The number of thiophene rings is 1. The SMILES string of the molecule is CCC1CCCCN1C(=O)c1cc2c(s1)-c1ccccc1OC2. The highest BCUT2D eigenvalue weighted by molar-refractivity contribution is 7.17. The van der Waals surface area contributed by atoms with E-state index in [1.54, 1.807) is 11.3 Å². The Morgan fingerprint density at radius 2 is 2.22 bits per heavy atom. The number of piperidine rings is 1. The minimum Gasteiger partial charge on any atom is -0.488 e. The first-order valence-corrected chi connectivity index (χ1v) is 9.25. The normalized spacial score (nSPS) is 19.7. The second-order valence-electron chi connectivity index (χ2n) is 6.31. The lowest BCUT2D eigenvalue weighted by Gasteiger charge is -2.35. The van der Waals surface area contributed by atoms with Crippen molar-refractivity contribution in [2.75, 3.05) is 6.54 Å². The van der Waals surface area contributed by atoms with Crippen LogP contribution in [0.1, 0.15) is 47.8 Å². The maximum absolute atomic E-state index is 13.0. The molecule has 1 aromatic heterocycles. The zero-order valence-electron chi connectivity index (χ0n) is 13.4. The summed E-state index contributed by atoms with van der Waals surface area (Å²) >= 11 is 1.62. The van der Waals surface area contributed by atoms with Crippen molar-refractivity contribution in [2.45, 2.75) is 45.3 Å². The molecule has 2 aliphatic rings. The predicted molar refractivity (Wildman–Crippen MR) is 93.1 cm³/mol. The fraction of sp³-hybridized carbons (Fsp3) is 0.421. The molecule has 1 atom stereocenters. The van der Waals surface area contributed by atoms with Crippen molar-refractivity contribution in [1.82, 2.24) is 4.90 Å². The van der Waals surface area contributed by atoms with Crippen LogP contribution in [0.2, 0.25) is 0 Å². The number of para-hydroxylation sites is 1. The number of benzene rings is 1. The average molecular weight is 327 g/mol. The largest absolute Gasteiger partial charge is 0.488 e. The van der Waals surface area contributed by atoms with Crippen LogP contribution in [0.15, 0.2) is 30.3 Å². The number of carbonyl (C=O) groups is 1. The van der Waals surface area contributed by atoms with Crippen LogP contribution in [-0.2, 0) is 6.61 Å². The van der Waals surface area contributed by atoms with Gasteiger partial charge in [-0.05, 0) is 43.9 Å². The minimum atomic E-state index is 0.202. The summed E-state index contributed by atoms with van der Waals surface area (Å²) in [5.74, 6) is 1.12. The van der Waals surface area contributed by atoms with E-state index < -0.39 is 0 Å². The molecule has 1 fully saturated rings. The van der Waals surface area contributed by atoms with Crippen molar-refractivity contribution >= 4 is 17.2 Å². The number of carbonyl (C=O) groups excluding carboxylic acids is 1. The van der Waals surface area contributed by atoms with Gasteiger partial charge in [-0.2, -0.15) is 0 Å². The summed E-state index contributed by atoms with van der Waals surface area (Å²) in [6.45, 7) is 3.64. The van der Waals surface area contributed by atoms with E-state index in [9.17, 15) is 4.79 Å². The molecule has 3 heterocycles. The highest BCUT2D eigenvalue weighted by Gasteiger charge is 2.29. The molecule has 0 bridgehead atoms.